The number of hydrogen-bond acceptors (Lipinski definition) is 4. The van der Waals surface area contributed by atoms with Crippen LogP contribution < -0.4 is 11.0 Å². The number of hydrogen-bond donors (Lipinski definition) is 1. The fourth-order valence-electron chi connectivity index (χ4n) is 4.97. The number of rotatable bonds is 6. The van der Waals surface area contributed by atoms with E-state index in [9.17, 15) is 27.2 Å². The van der Waals surface area contributed by atoms with Crippen LogP contribution in [0.25, 0.3) is 16.7 Å². The van der Waals surface area contributed by atoms with Crippen LogP contribution in [0.15, 0.2) is 53.6 Å². The Kier molecular flexibility index (Phi) is 7.20. The fourth-order valence-corrected chi connectivity index (χ4v) is 5.13. The number of halogens is 5. The van der Waals surface area contributed by atoms with E-state index >= 15 is 0 Å². The molecule has 3 heterocycles. The van der Waals surface area contributed by atoms with Crippen molar-refractivity contribution in [3.8, 4) is 5.69 Å². The molecule has 4 aromatic rings. The van der Waals surface area contributed by atoms with Gasteiger partial charge in [-0.15, -0.1) is 0 Å². The Labute approximate surface area is 219 Å². The number of alkyl halides is 2. The van der Waals surface area contributed by atoms with Crippen molar-refractivity contribution < 1.29 is 22.4 Å². The summed E-state index contributed by atoms with van der Waals surface area (Å²) < 4.78 is 56.9. The molecule has 1 N–H and O–H groups in total. The standard InChI is InChI=1S/C26H22ClF4N5O2/c27-15-9-19(23(24(30)31)33-11-15)25(37)34-17-4-1-14(2-5-17)13-35-21-10-16(28)3-7-20(21)36(26(35)38)18-6-8-22(29)32-12-18/h3,6-12,14,17,24H,1-2,4-5,13H2,(H,34,37)/t14-,17-. The summed E-state index contributed by atoms with van der Waals surface area (Å²) in [4.78, 5) is 33.3. The van der Waals surface area contributed by atoms with Crippen molar-refractivity contribution >= 4 is 28.5 Å². The van der Waals surface area contributed by atoms with Gasteiger partial charge in [-0.25, -0.2) is 22.9 Å². The van der Waals surface area contributed by atoms with E-state index in [4.69, 9.17) is 11.6 Å². The van der Waals surface area contributed by atoms with E-state index in [0.29, 0.717) is 48.9 Å². The van der Waals surface area contributed by atoms with E-state index in [1.54, 1.807) is 0 Å². The topological polar surface area (TPSA) is 81.8 Å². The zero-order valence-electron chi connectivity index (χ0n) is 19.9. The SMILES string of the molecule is O=C(N[C@H]1CC[C@H](Cn2c(=O)n(-c3ccc(F)nc3)c3ccc(F)cc32)CC1)c1cc(Cl)cnc1C(F)F. The van der Waals surface area contributed by atoms with E-state index in [0.717, 1.165) is 12.3 Å². The Morgan fingerprint density at radius 1 is 1.03 bits per heavy atom. The smallest absolute Gasteiger partial charge is 0.333 e. The first-order valence-corrected chi connectivity index (χ1v) is 12.4. The molecule has 12 heteroatoms. The summed E-state index contributed by atoms with van der Waals surface area (Å²) in [5.41, 5.74) is -0.0519. The molecule has 1 amide bonds. The van der Waals surface area contributed by atoms with Gasteiger partial charge >= 0.3 is 5.69 Å². The maximum absolute atomic E-state index is 14.1. The number of imidazole rings is 1. The average molecular weight is 548 g/mol. The van der Waals surface area contributed by atoms with E-state index in [1.165, 1.54) is 45.7 Å². The molecular formula is C26H22ClF4N5O2. The summed E-state index contributed by atoms with van der Waals surface area (Å²) >= 11 is 5.86. The number of amides is 1. The van der Waals surface area contributed by atoms with Crippen molar-refractivity contribution in [2.45, 2.75) is 44.7 Å². The van der Waals surface area contributed by atoms with Gasteiger partial charge in [-0.05, 0) is 68.0 Å². The third-order valence-electron chi connectivity index (χ3n) is 6.82. The first kappa shape index (κ1) is 25.9. The average Bonchev–Trinajstić information content (AvgIpc) is 3.15. The molecule has 0 unspecified atom stereocenters. The lowest BCUT2D eigenvalue weighted by molar-refractivity contribution is 0.0904. The molecule has 0 spiro atoms. The van der Waals surface area contributed by atoms with Gasteiger partial charge in [-0.2, -0.15) is 4.39 Å². The van der Waals surface area contributed by atoms with E-state index in [-0.39, 0.29) is 22.5 Å². The predicted molar refractivity (Wildman–Crippen MR) is 133 cm³/mol. The second-order valence-corrected chi connectivity index (χ2v) is 9.72. The van der Waals surface area contributed by atoms with Crippen LogP contribution >= 0.6 is 11.6 Å². The zero-order valence-corrected chi connectivity index (χ0v) is 20.6. The quantitative estimate of drug-likeness (QED) is 0.257. The zero-order chi connectivity index (χ0) is 27.0. The van der Waals surface area contributed by atoms with Crippen molar-refractivity contribution in [3.05, 3.63) is 87.3 Å². The minimum atomic E-state index is -2.92. The number of carbonyl (C=O) groups is 1. The number of carbonyl (C=O) groups excluding carboxylic acids is 1. The van der Waals surface area contributed by atoms with Crippen molar-refractivity contribution in [1.29, 1.82) is 0 Å². The molecule has 7 nitrogen and oxygen atoms in total. The second kappa shape index (κ2) is 10.6. The highest BCUT2D eigenvalue weighted by atomic mass is 35.5. The highest BCUT2D eigenvalue weighted by Crippen LogP contribution is 2.29. The molecule has 0 saturated heterocycles. The summed E-state index contributed by atoms with van der Waals surface area (Å²) in [6, 6.07) is 7.54. The van der Waals surface area contributed by atoms with E-state index in [1.807, 2.05) is 0 Å². The molecule has 1 saturated carbocycles. The number of pyridine rings is 2. The molecular weight excluding hydrogens is 526 g/mol. The first-order chi connectivity index (χ1) is 18.2. The minimum absolute atomic E-state index is 0.0546. The molecule has 0 atom stereocenters. The van der Waals surface area contributed by atoms with Crippen LogP contribution in [0.1, 0.15) is 48.2 Å². The van der Waals surface area contributed by atoms with Crippen LogP contribution in [0, 0.1) is 17.7 Å². The van der Waals surface area contributed by atoms with Gasteiger partial charge in [0.2, 0.25) is 5.95 Å². The number of aromatic nitrogens is 4. The number of fused-ring (bicyclic) bond motifs is 1. The fraction of sp³-hybridized carbons (Fsp3) is 0.308. The van der Waals surface area contributed by atoms with E-state index < -0.39 is 35.5 Å². The molecule has 1 aromatic carbocycles. The normalized spacial score (nSPS) is 17.7. The van der Waals surface area contributed by atoms with Gasteiger partial charge in [0.05, 0.1) is 33.5 Å². The van der Waals surface area contributed by atoms with Crippen molar-refractivity contribution in [3.63, 3.8) is 0 Å². The maximum Gasteiger partial charge on any atom is 0.333 e. The van der Waals surface area contributed by atoms with Gasteiger partial charge in [-0.1, -0.05) is 11.6 Å². The summed E-state index contributed by atoms with van der Waals surface area (Å²) in [6.07, 6.45) is 1.82. The van der Waals surface area contributed by atoms with Crippen LogP contribution in [0.2, 0.25) is 5.02 Å². The lowest BCUT2D eigenvalue weighted by Crippen LogP contribution is -2.39. The Hall–Kier alpha value is -3.73. The molecule has 1 aliphatic rings. The lowest BCUT2D eigenvalue weighted by Gasteiger charge is -2.29. The van der Waals surface area contributed by atoms with Crippen LogP contribution in [0.4, 0.5) is 17.6 Å². The molecule has 1 aliphatic carbocycles. The van der Waals surface area contributed by atoms with Crippen LogP contribution in [-0.2, 0) is 6.54 Å². The number of nitrogens with zero attached hydrogens (tertiary/aromatic N) is 4. The van der Waals surface area contributed by atoms with Gasteiger partial charge in [0.1, 0.15) is 11.5 Å². The van der Waals surface area contributed by atoms with Crippen molar-refractivity contribution in [2.24, 2.45) is 5.92 Å². The van der Waals surface area contributed by atoms with Crippen LogP contribution in [0.3, 0.4) is 0 Å². The molecule has 3 aromatic heterocycles. The first-order valence-electron chi connectivity index (χ1n) is 12.0. The van der Waals surface area contributed by atoms with E-state index in [2.05, 4.69) is 15.3 Å². The number of benzene rings is 1. The number of nitrogens with one attached hydrogen (secondary N) is 1. The Bertz CT molecular complexity index is 1550. The summed E-state index contributed by atoms with van der Waals surface area (Å²) in [5, 5.41) is 2.87. The highest BCUT2D eigenvalue weighted by molar-refractivity contribution is 6.30. The summed E-state index contributed by atoms with van der Waals surface area (Å²) in [6.45, 7) is 0.314. The molecule has 0 aliphatic heterocycles. The minimum Gasteiger partial charge on any atom is -0.349 e. The molecule has 198 valence electrons. The van der Waals surface area contributed by atoms with Gasteiger partial charge < -0.3 is 5.32 Å². The molecule has 38 heavy (non-hydrogen) atoms. The van der Waals surface area contributed by atoms with Gasteiger partial charge in [0.25, 0.3) is 12.3 Å². The Morgan fingerprint density at radius 2 is 1.79 bits per heavy atom. The lowest BCUT2D eigenvalue weighted by atomic mass is 9.85. The van der Waals surface area contributed by atoms with Gasteiger partial charge in [0, 0.05) is 18.8 Å². The Balaban J connectivity index is 1.32. The third kappa shape index (κ3) is 5.15. The highest BCUT2D eigenvalue weighted by Gasteiger charge is 2.27. The molecule has 0 radical (unpaired) electrons. The third-order valence-corrected chi connectivity index (χ3v) is 7.03. The molecule has 5 rings (SSSR count). The van der Waals surface area contributed by atoms with Crippen molar-refractivity contribution in [2.75, 3.05) is 0 Å². The van der Waals surface area contributed by atoms with Gasteiger partial charge in [-0.3, -0.25) is 18.9 Å². The van der Waals surface area contributed by atoms with Crippen LogP contribution in [-0.4, -0.2) is 31.1 Å². The molecule has 0 bridgehead atoms. The summed E-state index contributed by atoms with van der Waals surface area (Å²) in [7, 11) is 0. The van der Waals surface area contributed by atoms with Crippen molar-refractivity contribution in [1.82, 2.24) is 24.4 Å². The largest absolute Gasteiger partial charge is 0.349 e. The monoisotopic (exact) mass is 547 g/mol. The summed E-state index contributed by atoms with van der Waals surface area (Å²) in [5.74, 6) is -1.79. The van der Waals surface area contributed by atoms with Crippen LogP contribution in [0.5, 0.6) is 0 Å². The van der Waals surface area contributed by atoms with Gasteiger partial charge in [0.15, 0.2) is 0 Å². The Morgan fingerprint density at radius 3 is 2.47 bits per heavy atom. The predicted octanol–water partition coefficient (Wildman–Crippen LogP) is 5.44. The second-order valence-electron chi connectivity index (χ2n) is 9.28. The molecule has 1 fully saturated rings. The maximum atomic E-state index is 14.1.